The summed E-state index contributed by atoms with van der Waals surface area (Å²) in [5.74, 6) is 0. The zero-order chi connectivity index (χ0) is 12.3. The van der Waals surface area contributed by atoms with Crippen LogP contribution in [0.1, 0.15) is 38.3 Å². The van der Waals surface area contributed by atoms with Gasteiger partial charge in [-0.25, -0.2) is 4.98 Å². The highest BCUT2D eigenvalue weighted by Crippen LogP contribution is 2.32. The lowest BCUT2D eigenvalue weighted by molar-refractivity contribution is 0.561. The van der Waals surface area contributed by atoms with Crippen LogP contribution in [0.25, 0.3) is 0 Å². The Morgan fingerprint density at radius 3 is 2.38 bits per heavy atom. The Morgan fingerprint density at radius 1 is 1.31 bits per heavy atom. The van der Waals surface area contributed by atoms with E-state index in [9.17, 15) is 0 Å². The van der Waals surface area contributed by atoms with Crippen molar-refractivity contribution in [3.8, 4) is 0 Å². The third kappa shape index (κ3) is 3.19. The summed E-state index contributed by atoms with van der Waals surface area (Å²) < 4.78 is 0. The van der Waals surface area contributed by atoms with Crippen molar-refractivity contribution in [1.29, 1.82) is 0 Å². The Hall–Kier alpha value is -0.610. The molecule has 0 unspecified atom stereocenters. The maximum atomic E-state index is 4.74. The number of aromatic nitrogens is 1. The van der Waals surface area contributed by atoms with Crippen LogP contribution in [0.15, 0.2) is 0 Å². The molecule has 1 rings (SSSR count). The quantitative estimate of drug-likeness (QED) is 0.878. The number of nitrogens with zero attached hydrogens (tertiary/aromatic N) is 2. The van der Waals surface area contributed by atoms with Gasteiger partial charge in [0.05, 0.1) is 5.69 Å². The van der Waals surface area contributed by atoms with E-state index < -0.39 is 0 Å². The summed E-state index contributed by atoms with van der Waals surface area (Å²) in [6.07, 6.45) is 0. The van der Waals surface area contributed by atoms with Gasteiger partial charge in [0.1, 0.15) is 0 Å². The van der Waals surface area contributed by atoms with Gasteiger partial charge in [0.15, 0.2) is 5.13 Å². The molecule has 16 heavy (non-hydrogen) atoms. The molecule has 3 nitrogen and oxygen atoms in total. The fourth-order valence-electron chi connectivity index (χ4n) is 1.47. The summed E-state index contributed by atoms with van der Waals surface area (Å²) in [5, 5.41) is 4.48. The lowest BCUT2D eigenvalue weighted by Gasteiger charge is -2.17. The van der Waals surface area contributed by atoms with Gasteiger partial charge < -0.3 is 10.2 Å². The second kappa shape index (κ2) is 5.15. The molecule has 1 aromatic rings. The first-order valence-corrected chi connectivity index (χ1v) is 6.56. The van der Waals surface area contributed by atoms with Crippen molar-refractivity contribution in [2.24, 2.45) is 0 Å². The molecule has 1 aromatic heterocycles. The van der Waals surface area contributed by atoms with Gasteiger partial charge in [-0.3, -0.25) is 0 Å². The van der Waals surface area contributed by atoms with Crippen LogP contribution in [0.2, 0.25) is 0 Å². The molecule has 0 atom stereocenters. The van der Waals surface area contributed by atoms with Crippen molar-refractivity contribution in [2.75, 3.05) is 25.5 Å². The van der Waals surface area contributed by atoms with Gasteiger partial charge >= 0.3 is 0 Å². The first-order chi connectivity index (χ1) is 7.36. The summed E-state index contributed by atoms with van der Waals surface area (Å²) in [7, 11) is 4.09. The third-order valence-corrected chi connectivity index (χ3v) is 3.54. The second-order valence-corrected chi connectivity index (χ2v) is 6.26. The van der Waals surface area contributed by atoms with Crippen molar-refractivity contribution in [1.82, 2.24) is 10.3 Å². The highest BCUT2D eigenvalue weighted by molar-refractivity contribution is 7.15. The minimum atomic E-state index is 0.121. The fourth-order valence-corrected chi connectivity index (χ4v) is 2.64. The van der Waals surface area contributed by atoms with Crippen molar-refractivity contribution in [2.45, 2.75) is 39.7 Å². The van der Waals surface area contributed by atoms with Crippen LogP contribution in [0.5, 0.6) is 0 Å². The van der Waals surface area contributed by atoms with Crippen molar-refractivity contribution in [3.63, 3.8) is 0 Å². The Balaban J connectivity index is 3.03. The molecule has 0 aliphatic carbocycles. The summed E-state index contributed by atoms with van der Waals surface area (Å²) in [6, 6.07) is 0. The lowest BCUT2D eigenvalue weighted by atomic mass is 9.91. The number of hydrogen-bond donors (Lipinski definition) is 1. The van der Waals surface area contributed by atoms with E-state index in [4.69, 9.17) is 4.98 Å². The van der Waals surface area contributed by atoms with E-state index in [0.717, 1.165) is 18.2 Å². The van der Waals surface area contributed by atoms with E-state index in [2.05, 4.69) is 37.9 Å². The van der Waals surface area contributed by atoms with Gasteiger partial charge in [0, 0.05) is 30.9 Å². The Morgan fingerprint density at radius 2 is 1.94 bits per heavy atom. The van der Waals surface area contributed by atoms with E-state index in [0.29, 0.717) is 0 Å². The topological polar surface area (TPSA) is 28.2 Å². The molecule has 0 fully saturated rings. The molecule has 0 aromatic carbocycles. The molecular weight excluding hydrogens is 218 g/mol. The average molecular weight is 241 g/mol. The van der Waals surface area contributed by atoms with Crippen LogP contribution >= 0.6 is 11.3 Å². The van der Waals surface area contributed by atoms with Crippen LogP contribution in [0.4, 0.5) is 5.13 Å². The number of anilines is 1. The normalized spacial score (nSPS) is 11.9. The first kappa shape index (κ1) is 13.5. The Labute approximate surface area is 103 Å². The first-order valence-electron chi connectivity index (χ1n) is 5.74. The number of hydrogen-bond acceptors (Lipinski definition) is 4. The molecule has 0 bridgehead atoms. The van der Waals surface area contributed by atoms with Crippen LogP contribution < -0.4 is 10.2 Å². The summed E-state index contributed by atoms with van der Waals surface area (Å²) in [5.41, 5.74) is 1.34. The van der Waals surface area contributed by atoms with E-state index in [1.807, 2.05) is 14.1 Å². The smallest absolute Gasteiger partial charge is 0.185 e. The second-order valence-electron chi connectivity index (χ2n) is 5.19. The largest absolute Gasteiger partial charge is 0.354 e. The van der Waals surface area contributed by atoms with Gasteiger partial charge in [-0.15, -0.1) is 11.3 Å². The number of nitrogens with one attached hydrogen (secondary N) is 1. The van der Waals surface area contributed by atoms with Gasteiger partial charge in [-0.2, -0.15) is 0 Å². The molecule has 0 spiro atoms. The number of thiazole rings is 1. The van der Waals surface area contributed by atoms with E-state index >= 15 is 0 Å². The number of rotatable bonds is 4. The van der Waals surface area contributed by atoms with Gasteiger partial charge in [-0.05, 0) is 6.54 Å². The molecule has 92 valence electrons. The highest BCUT2D eigenvalue weighted by Gasteiger charge is 2.23. The molecule has 4 heteroatoms. The summed E-state index contributed by atoms with van der Waals surface area (Å²) in [4.78, 5) is 8.18. The van der Waals surface area contributed by atoms with Gasteiger partial charge in [0.2, 0.25) is 0 Å². The molecule has 1 heterocycles. The minimum Gasteiger partial charge on any atom is -0.354 e. The molecule has 0 amide bonds. The molecular formula is C12H23N3S. The SMILES string of the molecule is CCNCc1sc(N(C)C)nc1C(C)(C)C. The van der Waals surface area contributed by atoms with E-state index in [1.54, 1.807) is 11.3 Å². The van der Waals surface area contributed by atoms with Crippen molar-refractivity contribution < 1.29 is 0 Å². The Bertz CT molecular complexity index is 337. The van der Waals surface area contributed by atoms with Crippen molar-refractivity contribution >= 4 is 16.5 Å². The standard InChI is InChI=1S/C12H23N3S/c1-7-13-8-9-10(12(2,3)4)14-11(16-9)15(5)6/h13H,7-8H2,1-6H3. The van der Waals surface area contributed by atoms with Gasteiger partial charge in [-0.1, -0.05) is 27.7 Å². The summed E-state index contributed by atoms with van der Waals surface area (Å²) in [6.45, 7) is 10.7. The zero-order valence-corrected chi connectivity index (χ0v) is 12.0. The fraction of sp³-hybridized carbons (Fsp3) is 0.750. The minimum absolute atomic E-state index is 0.121. The van der Waals surface area contributed by atoms with Crippen LogP contribution in [0, 0.1) is 0 Å². The average Bonchev–Trinajstić information content (AvgIpc) is 2.57. The molecule has 0 aliphatic heterocycles. The maximum absolute atomic E-state index is 4.74. The lowest BCUT2D eigenvalue weighted by Crippen LogP contribution is -2.18. The highest BCUT2D eigenvalue weighted by atomic mass is 32.1. The molecule has 0 radical (unpaired) electrons. The zero-order valence-electron chi connectivity index (χ0n) is 11.2. The third-order valence-electron chi connectivity index (χ3n) is 2.31. The Kier molecular flexibility index (Phi) is 4.33. The van der Waals surface area contributed by atoms with E-state index in [-0.39, 0.29) is 5.41 Å². The molecule has 0 saturated carbocycles. The predicted octanol–water partition coefficient (Wildman–Crippen LogP) is 2.62. The predicted molar refractivity (Wildman–Crippen MR) is 72.5 cm³/mol. The molecule has 0 saturated heterocycles. The summed E-state index contributed by atoms with van der Waals surface area (Å²) >= 11 is 1.79. The van der Waals surface area contributed by atoms with Crippen molar-refractivity contribution in [3.05, 3.63) is 10.6 Å². The maximum Gasteiger partial charge on any atom is 0.185 e. The van der Waals surface area contributed by atoms with Crippen LogP contribution in [-0.4, -0.2) is 25.6 Å². The monoisotopic (exact) mass is 241 g/mol. The molecule has 1 N–H and O–H groups in total. The van der Waals surface area contributed by atoms with Crippen LogP contribution in [-0.2, 0) is 12.0 Å². The van der Waals surface area contributed by atoms with Crippen LogP contribution in [0.3, 0.4) is 0 Å². The molecule has 0 aliphatic rings. The van der Waals surface area contributed by atoms with E-state index in [1.165, 1.54) is 10.6 Å². The van der Waals surface area contributed by atoms with Gasteiger partial charge in [0.25, 0.3) is 0 Å².